The first-order chi connectivity index (χ1) is 5.70. The monoisotopic (exact) mass is 178 g/mol. The van der Waals surface area contributed by atoms with E-state index in [1.165, 1.54) is 14.2 Å². The third-order valence-corrected chi connectivity index (χ3v) is 1.28. The zero-order valence-corrected chi connectivity index (χ0v) is 7.28. The third kappa shape index (κ3) is 6.09. The van der Waals surface area contributed by atoms with Crippen LogP contribution in [0.1, 0.15) is 12.8 Å². The van der Waals surface area contributed by atoms with E-state index < -0.39 is 12.1 Å². The van der Waals surface area contributed by atoms with E-state index in [1.807, 2.05) is 0 Å². The minimum atomic E-state index is -0.729. The number of carbonyl (C=O) groups is 1. The van der Waals surface area contributed by atoms with Gasteiger partial charge in [0.15, 0.2) is 0 Å². The number of esters is 1. The minimum Gasteiger partial charge on any atom is -0.469 e. The maximum absolute atomic E-state index is 10.6. The fourth-order valence-electron chi connectivity index (χ4n) is 0.645. The molecule has 5 nitrogen and oxygen atoms in total. The molecule has 12 heavy (non-hydrogen) atoms. The average molecular weight is 178 g/mol. The van der Waals surface area contributed by atoms with Gasteiger partial charge in [0.25, 0.3) is 0 Å². The Morgan fingerprint density at radius 3 is 2.67 bits per heavy atom. The molecule has 0 radical (unpaired) electrons. The first kappa shape index (κ1) is 11.4. The highest BCUT2D eigenvalue weighted by molar-refractivity contribution is 5.69. The van der Waals surface area contributed by atoms with Crippen LogP contribution in [0, 0.1) is 0 Å². The van der Waals surface area contributed by atoms with Gasteiger partial charge in [-0.25, -0.2) is 9.78 Å². The quantitative estimate of drug-likeness (QED) is 0.266. The lowest BCUT2D eigenvalue weighted by Gasteiger charge is -2.07. The van der Waals surface area contributed by atoms with E-state index in [0.717, 1.165) is 0 Å². The van der Waals surface area contributed by atoms with E-state index in [2.05, 4.69) is 14.5 Å². The number of carbonyl (C=O) groups excluding carboxylic acids is 1. The minimum absolute atomic E-state index is 0.0103. The number of methoxy groups -OCH3 is 1. The number of ether oxygens (including phenoxy) is 1. The second-order valence-electron chi connectivity index (χ2n) is 2.21. The Labute approximate surface area is 71.2 Å². The van der Waals surface area contributed by atoms with E-state index in [0.29, 0.717) is 6.42 Å². The SMILES string of the molecule is COOCCC(O)CC(=O)OC. The van der Waals surface area contributed by atoms with Gasteiger partial charge in [-0.1, -0.05) is 0 Å². The predicted molar refractivity (Wildman–Crippen MR) is 40.2 cm³/mol. The Bertz CT molecular complexity index is 125. The summed E-state index contributed by atoms with van der Waals surface area (Å²) in [6, 6.07) is 0. The summed E-state index contributed by atoms with van der Waals surface area (Å²) in [5, 5.41) is 9.14. The summed E-state index contributed by atoms with van der Waals surface area (Å²) in [7, 11) is 2.66. The van der Waals surface area contributed by atoms with Gasteiger partial charge in [-0.05, 0) is 0 Å². The van der Waals surface area contributed by atoms with E-state index in [9.17, 15) is 4.79 Å². The molecule has 1 unspecified atom stereocenters. The van der Waals surface area contributed by atoms with Gasteiger partial charge < -0.3 is 9.84 Å². The van der Waals surface area contributed by atoms with Crippen LogP contribution < -0.4 is 0 Å². The zero-order valence-electron chi connectivity index (χ0n) is 7.28. The molecule has 1 atom stereocenters. The van der Waals surface area contributed by atoms with Gasteiger partial charge in [-0.2, -0.15) is 0 Å². The third-order valence-electron chi connectivity index (χ3n) is 1.28. The zero-order chi connectivity index (χ0) is 9.40. The Kier molecular flexibility index (Phi) is 6.64. The summed E-state index contributed by atoms with van der Waals surface area (Å²) >= 11 is 0. The molecule has 0 amide bonds. The molecule has 5 heteroatoms. The van der Waals surface area contributed by atoms with Crippen LogP contribution >= 0.6 is 0 Å². The molecule has 72 valence electrons. The average Bonchev–Trinajstić information content (AvgIpc) is 2.05. The molecule has 0 aliphatic heterocycles. The van der Waals surface area contributed by atoms with Crippen molar-refractivity contribution >= 4 is 5.97 Å². The van der Waals surface area contributed by atoms with Crippen LogP contribution in [-0.2, 0) is 19.3 Å². The largest absolute Gasteiger partial charge is 0.469 e. The maximum atomic E-state index is 10.6. The van der Waals surface area contributed by atoms with Crippen LogP contribution in [-0.4, -0.2) is 38.0 Å². The van der Waals surface area contributed by atoms with Crippen molar-refractivity contribution in [2.45, 2.75) is 18.9 Å². The first-order valence-electron chi connectivity index (χ1n) is 3.61. The number of aliphatic hydroxyl groups is 1. The van der Waals surface area contributed by atoms with Gasteiger partial charge in [0.2, 0.25) is 0 Å². The molecule has 0 bridgehead atoms. The van der Waals surface area contributed by atoms with Crippen LogP contribution in [0.25, 0.3) is 0 Å². The lowest BCUT2D eigenvalue weighted by Crippen LogP contribution is -2.16. The molecule has 1 N–H and O–H groups in total. The summed E-state index contributed by atoms with van der Waals surface area (Å²) < 4.78 is 4.36. The van der Waals surface area contributed by atoms with Crippen molar-refractivity contribution in [3.05, 3.63) is 0 Å². The molecule has 0 aromatic carbocycles. The van der Waals surface area contributed by atoms with E-state index in [-0.39, 0.29) is 13.0 Å². The summed E-state index contributed by atoms with van der Waals surface area (Å²) in [6.07, 6.45) is -0.389. The fraction of sp³-hybridized carbons (Fsp3) is 0.857. The van der Waals surface area contributed by atoms with Crippen LogP contribution in [0.5, 0.6) is 0 Å². The van der Waals surface area contributed by atoms with E-state index in [1.54, 1.807) is 0 Å². The van der Waals surface area contributed by atoms with Crippen LogP contribution in [0.4, 0.5) is 0 Å². The molecule has 0 rings (SSSR count). The molecule has 0 fully saturated rings. The number of aliphatic hydroxyl groups excluding tert-OH is 1. The van der Waals surface area contributed by atoms with Crippen LogP contribution in [0.3, 0.4) is 0 Å². The van der Waals surface area contributed by atoms with Crippen molar-refractivity contribution in [1.82, 2.24) is 0 Å². The maximum Gasteiger partial charge on any atom is 0.308 e. The van der Waals surface area contributed by atoms with Crippen molar-refractivity contribution in [2.75, 3.05) is 20.8 Å². The van der Waals surface area contributed by atoms with Crippen molar-refractivity contribution < 1.29 is 24.4 Å². The van der Waals surface area contributed by atoms with Crippen molar-refractivity contribution in [2.24, 2.45) is 0 Å². The van der Waals surface area contributed by atoms with Gasteiger partial charge in [-0.3, -0.25) is 4.79 Å². The second kappa shape index (κ2) is 7.02. The summed E-state index contributed by atoms with van der Waals surface area (Å²) in [5.74, 6) is -0.431. The van der Waals surface area contributed by atoms with Crippen molar-refractivity contribution in [3.8, 4) is 0 Å². The fourth-order valence-corrected chi connectivity index (χ4v) is 0.645. The molecular weight excluding hydrogens is 164 g/mol. The Morgan fingerprint density at radius 2 is 2.17 bits per heavy atom. The second-order valence-corrected chi connectivity index (χ2v) is 2.21. The Morgan fingerprint density at radius 1 is 1.50 bits per heavy atom. The molecular formula is C7H14O5. The topological polar surface area (TPSA) is 65.0 Å². The smallest absolute Gasteiger partial charge is 0.308 e. The molecule has 0 spiro atoms. The Balaban J connectivity index is 3.32. The molecule has 0 saturated heterocycles. The lowest BCUT2D eigenvalue weighted by atomic mass is 10.2. The molecule has 0 aromatic rings. The van der Waals surface area contributed by atoms with Gasteiger partial charge in [0.05, 0.1) is 33.4 Å². The molecule has 0 aliphatic carbocycles. The van der Waals surface area contributed by atoms with Crippen molar-refractivity contribution in [3.63, 3.8) is 0 Å². The summed E-state index contributed by atoms with van der Waals surface area (Å²) in [6.45, 7) is 0.259. The van der Waals surface area contributed by atoms with Crippen molar-refractivity contribution in [1.29, 1.82) is 0 Å². The first-order valence-corrected chi connectivity index (χ1v) is 3.61. The van der Waals surface area contributed by atoms with Gasteiger partial charge in [0.1, 0.15) is 0 Å². The number of rotatable bonds is 6. The molecule has 0 saturated carbocycles. The normalized spacial score (nSPS) is 12.6. The highest BCUT2D eigenvalue weighted by Gasteiger charge is 2.10. The van der Waals surface area contributed by atoms with E-state index >= 15 is 0 Å². The van der Waals surface area contributed by atoms with Gasteiger partial charge in [0, 0.05) is 6.42 Å². The van der Waals surface area contributed by atoms with Crippen LogP contribution in [0.15, 0.2) is 0 Å². The summed E-state index contributed by atoms with van der Waals surface area (Å²) in [4.78, 5) is 19.4. The number of hydrogen-bond donors (Lipinski definition) is 1. The molecule has 0 aliphatic rings. The van der Waals surface area contributed by atoms with Gasteiger partial charge in [-0.15, -0.1) is 0 Å². The van der Waals surface area contributed by atoms with E-state index in [4.69, 9.17) is 5.11 Å². The van der Waals surface area contributed by atoms with Gasteiger partial charge >= 0.3 is 5.97 Å². The predicted octanol–water partition coefficient (Wildman–Crippen LogP) is -0.122. The highest BCUT2D eigenvalue weighted by Crippen LogP contribution is 1.99. The lowest BCUT2D eigenvalue weighted by molar-refractivity contribution is -0.275. The summed E-state index contributed by atoms with van der Waals surface area (Å²) in [5.41, 5.74) is 0. The molecule has 0 heterocycles. The standard InChI is InChI=1S/C7H14O5/c1-10-7(9)5-6(8)3-4-12-11-2/h6,8H,3-5H2,1-2H3. The highest BCUT2D eigenvalue weighted by atomic mass is 17.2. The Hall–Kier alpha value is -0.650. The van der Waals surface area contributed by atoms with Crippen LogP contribution in [0.2, 0.25) is 0 Å². The molecule has 0 aromatic heterocycles. The number of hydrogen-bond acceptors (Lipinski definition) is 5.